The van der Waals surface area contributed by atoms with E-state index in [1.165, 1.54) is 28.6 Å². The van der Waals surface area contributed by atoms with Crippen molar-refractivity contribution in [3.8, 4) is 5.75 Å². The second-order valence-corrected chi connectivity index (χ2v) is 10.2. The number of nitrogens with zero attached hydrogens (tertiary/aromatic N) is 1. The highest BCUT2D eigenvalue weighted by molar-refractivity contribution is 7.89. The molecule has 0 saturated carbocycles. The maximum absolute atomic E-state index is 13.0. The number of benzene rings is 2. The standard InChI is InChI=1S/C23H23ClN2O6S/c1-15-11-23(28)32-20-13-17(6-7-18(15)20)31-14-22(27)25-16-5-8-19(24)21(12-16)33(29,30)26-9-3-2-4-10-26/h5-8,11-13H,2-4,9-10,14H2,1H3,(H,25,27). The lowest BCUT2D eigenvalue weighted by Gasteiger charge is -2.26. The Morgan fingerprint density at radius 2 is 1.88 bits per heavy atom. The molecule has 2 heterocycles. The number of halogens is 1. The summed E-state index contributed by atoms with van der Waals surface area (Å²) in [5, 5.41) is 3.50. The zero-order valence-corrected chi connectivity index (χ0v) is 19.5. The molecule has 1 aliphatic heterocycles. The fourth-order valence-electron chi connectivity index (χ4n) is 3.76. The largest absolute Gasteiger partial charge is 0.484 e. The molecular formula is C23H23ClN2O6S. The highest BCUT2D eigenvalue weighted by Crippen LogP contribution is 2.29. The molecule has 1 saturated heterocycles. The van der Waals surface area contributed by atoms with Crippen LogP contribution in [0.25, 0.3) is 11.0 Å². The smallest absolute Gasteiger partial charge is 0.336 e. The maximum atomic E-state index is 13.0. The van der Waals surface area contributed by atoms with E-state index >= 15 is 0 Å². The monoisotopic (exact) mass is 490 g/mol. The molecule has 0 spiro atoms. The van der Waals surface area contributed by atoms with Gasteiger partial charge in [-0.05, 0) is 55.7 Å². The molecule has 0 radical (unpaired) electrons. The first-order valence-corrected chi connectivity index (χ1v) is 12.3. The van der Waals surface area contributed by atoms with Gasteiger partial charge in [0.05, 0.1) is 5.02 Å². The first-order valence-electron chi connectivity index (χ1n) is 10.5. The van der Waals surface area contributed by atoms with Crippen molar-refractivity contribution in [2.24, 2.45) is 0 Å². The molecule has 174 valence electrons. The number of sulfonamides is 1. The molecule has 3 aromatic rings. The van der Waals surface area contributed by atoms with Gasteiger partial charge in [0.2, 0.25) is 10.0 Å². The first-order chi connectivity index (χ1) is 15.7. The third kappa shape index (κ3) is 5.21. The number of anilines is 1. The van der Waals surface area contributed by atoms with Gasteiger partial charge in [-0.1, -0.05) is 18.0 Å². The van der Waals surface area contributed by atoms with Crippen LogP contribution in [-0.2, 0) is 14.8 Å². The van der Waals surface area contributed by atoms with E-state index in [1.54, 1.807) is 25.1 Å². The average Bonchev–Trinajstić information content (AvgIpc) is 2.79. The number of hydrogen-bond acceptors (Lipinski definition) is 6. The van der Waals surface area contributed by atoms with Gasteiger partial charge in [0.15, 0.2) is 6.61 Å². The molecule has 1 N–H and O–H groups in total. The van der Waals surface area contributed by atoms with Gasteiger partial charge in [-0.2, -0.15) is 4.31 Å². The Bertz CT molecular complexity index is 1360. The van der Waals surface area contributed by atoms with Gasteiger partial charge >= 0.3 is 5.63 Å². The lowest BCUT2D eigenvalue weighted by Crippen LogP contribution is -2.35. The second-order valence-electron chi connectivity index (χ2n) is 7.85. The molecule has 33 heavy (non-hydrogen) atoms. The average molecular weight is 491 g/mol. The number of nitrogens with one attached hydrogen (secondary N) is 1. The van der Waals surface area contributed by atoms with Gasteiger partial charge in [0, 0.05) is 36.3 Å². The molecule has 10 heteroatoms. The second kappa shape index (κ2) is 9.54. The molecule has 1 aromatic heterocycles. The van der Waals surface area contributed by atoms with Gasteiger partial charge in [0.25, 0.3) is 5.91 Å². The van der Waals surface area contributed by atoms with Crippen molar-refractivity contribution in [3.05, 3.63) is 63.5 Å². The van der Waals surface area contributed by atoms with Crippen molar-refractivity contribution in [2.75, 3.05) is 25.0 Å². The highest BCUT2D eigenvalue weighted by Gasteiger charge is 2.28. The summed E-state index contributed by atoms with van der Waals surface area (Å²) >= 11 is 6.17. The van der Waals surface area contributed by atoms with Crippen LogP contribution in [0, 0.1) is 6.92 Å². The first kappa shape index (κ1) is 23.3. The Balaban J connectivity index is 1.45. The van der Waals surface area contributed by atoms with E-state index in [1.807, 2.05) is 0 Å². The SMILES string of the molecule is Cc1cc(=O)oc2cc(OCC(=O)Nc3ccc(Cl)c(S(=O)(=O)N4CCCCC4)c3)ccc12. The number of amides is 1. The normalized spacial score (nSPS) is 14.8. The van der Waals surface area contributed by atoms with E-state index in [-0.39, 0.29) is 16.5 Å². The predicted molar refractivity (Wildman–Crippen MR) is 125 cm³/mol. The summed E-state index contributed by atoms with van der Waals surface area (Å²) in [5.74, 6) is -0.125. The van der Waals surface area contributed by atoms with Crippen LogP contribution >= 0.6 is 11.6 Å². The van der Waals surface area contributed by atoms with E-state index in [0.717, 1.165) is 30.2 Å². The number of hydrogen-bond donors (Lipinski definition) is 1. The van der Waals surface area contributed by atoms with Crippen LogP contribution in [0.4, 0.5) is 5.69 Å². The van der Waals surface area contributed by atoms with Crippen LogP contribution in [0.5, 0.6) is 5.75 Å². The minimum Gasteiger partial charge on any atom is -0.484 e. The molecule has 0 bridgehead atoms. The lowest BCUT2D eigenvalue weighted by atomic mass is 10.1. The topological polar surface area (TPSA) is 106 Å². The van der Waals surface area contributed by atoms with Crippen LogP contribution in [0.2, 0.25) is 5.02 Å². The third-order valence-electron chi connectivity index (χ3n) is 5.44. The third-order valence-corrected chi connectivity index (χ3v) is 7.82. The maximum Gasteiger partial charge on any atom is 0.336 e. The summed E-state index contributed by atoms with van der Waals surface area (Å²) in [4.78, 5) is 23.9. The number of carbonyl (C=O) groups excluding carboxylic acids is 1. The summed E-state index contributed by atoms with van der Waals surface area (Å²) in [7, 11) is -3.75. The van der Waals surface area contributed by atoms with Crippen molar-refractivity contribution < 1.29 is 22.4 Å². The van der Waals surface area contributed by atoms with E-state index in [0.29, 0.717) is 30.1 Å². The Kier molecular flexibility index (Phi) is 6.73. The molecular weight excluding hydrogens is 468 g/mol. The van der Waals surface area contributed by atoms with Gasteiger partial charge in [-0.15, -0.1) is 0 Å². The highest BCUT2D eigenvalue weighted by atomic mass is 35.5. The lowest BCUT2D eigenvalue weighted by molar-refractivity contribution is -0.118. The Morgan fingerprint density at radius 1 is 1.12 bits per heavy atom. The van der Waals surface area contributed by atoms with Crippen LogP contribution in [0.15, 0.2) is 56.6 Å². The summed E-state index contributed by atoms with van der Waals surface area (Å²) < 4.78 is 38.1. The fourth-order valence-corrected chi connectivity index (χ4v) is 5.78. The quantitative estimate of drug-likeness (QED) is 0.524. The molecule has 1 amide bonds. The summed E-state index contributed by atoms with van der Waals surface area (Å²) in [6.45, 7) is 2.39. The molecule has 0 unspecified atom stereocenters. The Morgan fingerprint density at radius 3 is 2.64 bits per heavy atom. The Hall–Kier alpha value is -2.88. The van der Waals surface area contributed by atoms with Crippen LogP contribution < -0.4 is 15.7 Å². The van der Waals surface area contributed by atoms with Crippen molar-refractivity contribution in [1.82, 2.24) is 4.31 Å². The van der Waals surface area contributed by atoms with Crippen molar-refractivity contribution in [1.29, 1.82) is 0 Å². The van der Waals surface area contributed by atoms with E-state index in [2.05, 4.69) is 5.32 Å². The minimum absolute atomic E-state index is 0.0373. The predicted octanol–water partition coefficient (Wildman–Crippen LogP) is 3.95. The van der Waals surface area contributed by atoms with Crippen LogP contribution in [-0.4, -0.2) is 38.3 Å². The van der Waals surface area contributed by atoms with Crippen LogP contribution in [0.1, 0.15) is 24.8 Å². The molecule has 8 nitrogen and oxygen atoms in total. The number of aryl methyl sites for hydroxylation is 1. The van der Waals surface area contributed by atoms with Gasteiger partial charge in [-0.3, -0.25) is 4.79 Å². The minimum atomic E-state index is -3.75. The summed E-state index contributed by atoms with van der Waals surface area (Å²) in [5.41, 5.74) is 0.975. The number of rotatable bonds is 6. The number of ether oxygens (including phenoxy) is 1. The number of fused-ring (bicyclic) bond motifs is 1. The number of piperidine rings is 1. The molecule has 1 aliphatic rings. The Labute approximate surface area is 196 Å². The van der Waals surface area contributed by atoms with Crippen molar-refractivity contribution in [3.63, 3.8) is 0 Å². The molecule has 4 rings (SSSR count). The zero-order valence-electron chi connectivity index (χ0n) is 18.0. The van der Waals surface area contributed by atoms with E-state index < -0.39 is 21.6 Å². The molecule has 1 fully saturated rings. The van der Waals surface area contributed by atoms with Crippen LogP contribution in [0.3, 0.4) is 0 Å². The molecule has 0 atom stereocenters. The van der Waals surface area contributed by atoms with E-state index in [4.69, 9.17) is 20.8 Å². The van der Waals surface area contributed by atoms with Gasteiger partial charge < -0.3 is 14.5 Å². The number of carbonyl (C=O) groups is 1. The van der Waals surface area contributed by atoms with Gasteiger partial charge in [-0.25, -0.2) is 13.2 Å². The van der Waals surface area contributed by atoms with Crippen molar-refractivity contribution >= 4 is 44.2 Å². The molecule has 0 aliphatic carbocycles. The fraction of sp³-hybridized carbons (Fsp3) is 0.304. The van der Waals surface area contributed by atoms with Gasteiger partial charge in [0.1, 0.15) is 16.2 Å². The molecule has 2 aromatic carbocycles. The van der Waals surface area contributed by atoms with E-state index in [9.17, 15) is 18.0 Å². The summed E-state index contributed by atoms with van der Waals surface area (Å²) in [6.07, 6.45) is 2.61. The zero-order chi connectivity index (χ0) is 23.6. The summed E-state index contributed by atoms with van der Waals surface area (Å²) in [6, 6.07) is 10.7. The van der Waals surface area contributed by atoms with Crippen molar-refractivity contribution in [2.45, 2.75) is 31.1 Å².